The largest absolute Gasteiger partial charge is 0.477 e. The highest BCUT2D eigenvalue weighted by Gasteiger charge is 2.19. The van der Waals surface area contributed by atoms with Gasteiger partial charge in [-0.25, -0.2) is 4.79 Å². The summed E-state index contributed by atoms with van der Waals surface area (Å²) < 4.78 is 5.36. The number of nitrogens with zero attached hydrogens (tertiary/aromatic N) is 1. The maximum absolute atomic E-state index is 11.2. The zero-order valence-corrected chi connectivity index (χ0v) is 12.7. The Balaban J connectivity index is 1.95. The predicted octanol–water partition coefficient (Wildman–Crippen LogP) is 2.68. The fourth-order valence-corrected chi connectivity index (χ4v) is 3.24. The summed E-state index contributed by atoms with van der Waals surface area (Å²) in [4.78, 5) is 13.7. The minimum absolute atomic E-state index is 0.318. The first-order valence-electron chi connectivity index (χ1n) is 7.01. The Labute approximate surface area is 133 Å². The van der Waals surface area contributed by atoms with Gasteiger partial charge in [-0.15, -0.1) is 11.3 Å². The van der Waals surface area contributed by atoms with Crippen LogP contribution in [0.5, 0.6) is 0 Å². The lowest BCUT2D eigenvalue weighted by atomic mass is 10.2. The Morgan fingerprint density at radius 3 is 2.59 bits per heavy atom. The predicted molar refractivity (Wildman–Crippen MR) is 86.7 cm³/mol. The van der Waals surface area contributed by atoms with Crippen molar-refractivity contribution in [1.82, 2.24) is 0 Å². The van der Waals surface area contributed by atoms with Crippen molar-refractivity contribution in [2.45, 2.75) is 0 Å². The van der Waals surface area contributed by atoms with E-state index < -0.39 is 5.97 Å². The second kappa shape index (κ2) is 6.65. The number of aromatic carboxylic acids is 1. The molecule has 4 nitrogen and oxygen atoms in total. The van der Waals surface area contributed by atoms with Crippen molar-refractivity contribution < 1.29 is 14.6 Å². The van der Waals surface area contributed by atoms with Crippen LogP contribution in [-0.4, -0.2) is 37.4 Å². The minimum atomic E-state index is -0.910. The highest BCUT2D eigenvalue weighted by molar-refractivity contribution is 7.18. The quantitative estimate of drug-likeness (QED) is 0.866. The van der Waals surface area contributed by atoms with Crippen LogP contribution in [0.25, 0.3) is 0 Å². The van der Waals surface area contributed by atoms with Crippen LogP contribution in [0.15, 0.2) is 36.4 Å². The Bertz CT molecular complexity index is 721. The molecule has 1 aromatic heterocycles. The van der Waals surface area contributed by atoms with Crippen molar-refractivity contribution in [2.24, 2.45) is 0 Å². The van der Waals surface area contributed by atoms with E-state index in [2.05, 4.69) is 16.7 Å². The molecular weight excluding hydrogens is 298 g/mol. The topological polar surface area (TPSA) is 49.8 Å². The van der Waals surface area contributed by atoms with Crippen molar-refractivity contribution in [3.8, 4) is 11.8 Å². The average Bonchev–Trinajstić information content (AvgIpc) is 2.99. The van der Waals surface area contributed by atoms with Crippen molar-refractivity contribution in [1.29, 1.82) is 0 Å². The number of thiophene rings is 1. The summed E-state index contributed by atoms with van der Waals surface area (Å²) in [5.41, 5.74) is 1.69. The molecule has 0 amide bonds. The smallest absolute Gasteiger partial charge is 0.345 e. The zero-order valence-electron chi connectivity index (χ0n) is 11.9. The van der Waals surface area contributed by atoms with Crippen LogP contribution in [0.1, 0.15) is 20.8 Å². The van der Waals surface area contributed by atoms with Crippen LogP contribution in [0.3, 0.4) is 0 Å². The molecule has 112 valence electrons. The van der Waals surface area contributed by atoms with Gasteiger partial charge in [0, 0.05) is 18.7 Å². The molecule has 0 aliphatic carbocycles. The van der Waals surface area contributed by atoms with E-state index in [4.69, 9.17) is 4.74 Å². The van der Waals surface area contributed by atoms with Gasteiger partial charge >= 0.3 is 5.97 Å². The van der Waals surface area contributed by atoms with Gasteiger partial charge in [-0.2, -0.15) is 0 Å². The summed E-state index contributed by atoms with van der Waals surface area (Å²) in [5.74, 6) is 5.31. The van der Waals surface area contributed by atoms with Crippen molar-refractivity contribution in [3.05, 3.63) is 52.4 Å². The van der Waals surface area contributed by atoms with Gasteiger partial charge in [-0.1, -0.05) is 30.0 Å². The van der Waals surface area contributed by atoms with Crippen molar-refractivity contribution in [2.75, 3.05) is 31.2 Å². The van der Waals surface area contributed by atoms with Crippen LogP contribution in [0.2, 0.25) is 0 Å². The molecule has 0 radical (unpaired) electrons. The van der Waals surface area contributed by atoms with Crippen LogP contribution >= 0.6 is 11.3 Å². The summed E-state index contributed by atoms with van der Waals surface area (Å²) in [6.45, 7) is 2.84. The Kier molecular flexibility index (Phi) is 4.42. The lowest BCUT2D eigenvalue weighted by molar-refractivity contribution is 0.0702. The molecule has 1 aliphatic rings. The summed E-state index contributed by atoms with van der Waals surface area (Å²) in [5, 5.41) is 10.1. The number of anilines is 1. The third kappa shape index (κ3) is 3.30. The fourth-order valence-electron chi connectivity index (χ4n) is 2.24. The van der Waals surface area contributed by atoms with Crippen LogP contribution < -0.4 is 4.90 Å². The molecule has 1 N–H and O–H groups in total. The molecule has 0 spiro atoms. The van der Waals surface area contributed by atoms with E-state index in [9.17, 15) is 9.90 Å². The van der Waals surface area contributed by atoms with Gasteiger partial charge in [0.15, 0.2) is 0 Å². The first-order valence-corrected chi connectivity index (χ1v) is 7.82. The van der Waals surface area contributed by atoms with E-state index >= 15 is 0 Å². The summed E-state index contributed by atoms with van der Waals surface area (Å²) in [7, 11) is 0. The summed E-state index contributed by atoms with van der Waals surface area (Å²) >= 11 is 1.28. The first-order chi connectivity index (χ1) is 10.7. The Morgan fingerprint density at radius 1 is 1.18 bits per heavy atom. The molecule has 1 fully saturated rings. The third-order valence-electron chi connectivity index (χ3n) is 3.34. The Hall–Kier alpha value is -2.29. The molecule has 22 heavy (non-hydrogen) atoms. The molecule has 1 aliphatic heterocycles. The molecule has 5 heteroatoms. The van der Waals surface area contributed by atoms with Crippen molar-refractivity contribution in [3.63, 3.8) is 0 Å². The molecule has 1 aromatic carbocycles. The number of carboxylic acids is 1. The molecule has 0 unspecified atom stereocenters. The maximum atomic E-state index is 11.2. The van der Waals surface area contributed by atoms with Gasteiger partial charge in [0.25, 0.3) is 0 Å². The van der Waals surface area contributed by atoms with Gasteiger partial charge in [0.2, 0.25) is 0 Å². The maximum Gasteiger partial charge on any atom is 0.345 e. The highest BCUT2D eigenvalue weighted by Crippen LogP contribution is 2.31. The minimum Gasteiger partial charge on any atom is -0.477 e. The highest BCUT2D eigenvalue weighted by atomic mass is 32.1. The molecule has 0 saturated carbocycles. The van der Waals surface area contributed by atoms with Crippen LogP contribution in [0.4, 0.5) is 5.00 Å². The molecule has 2 aromatic rings. The number of ether oxygens (including phenoxy) is 1. The Morgan fingerprint density at radius 2 is 1.91 bits per heavy atom. The number of carboxylic acid groups (broad SMARTS) is 1. The number of carbonyl (C=O) groups is 1. The van der Waals surface area contributed by atoms with Gasteiger partial charge < -0.3 is 14.7 Å². The first kappa shape index (κ1) is 14.6. The number of benzene rings is 1. The summed E-state index contributed by atoms with van der Waals surface area (Å²) in [6.07, 6.45) is 0. The van der Waals surface area contributed by atoms with Gasteiger partial charge in [0.1, 0.15) is 9.88 Å². The molecule has 0 atom stereocenters. The van der Waals surface area contributed by atoms with Crippen molar-refractivity contribution >= 4 is 22.3 Å². The normalized spacial score (nSPS) is 14.3. The van der Waals surface area contributed by atoms with E-state index in [-0.39, 0.29) is 0 Å². The molecular formula is C17H15NO3S. The van der Waals surface area contributed by atoms with Crippen LogP contribution in [-0.2, 0) is 4.74 Å². The van der Waals surface area contributed by atoms with Gasteiger partial charge in [-0.3, -0.25) is 0 Å². The lowest BCUT2D eigenvalue weighted by Crippen LogP contribution is -2.36. The average molecular weight is 313 g/mol. The fraction of sp³-hybridized carbons (Fsp3) is 0.235. The standard InChI is InChI=1S/C17H15NO3S/c19-17(20)15-12-14(7-6-13-4-2-1-3-5-13)16(22-15)18-8-10-21-11-9-18/h1-5,12H,8-11H2,(H,19,20). The second-order valence-electron chi connectivity index (χ2n) is 4.85. The van der Waals surface area contributed by atoms with E-state index in [0.717, 1.165) is 29.2 Å². The molecule has 3 rings (SSSR count). The zero-order chi connectivity index (χ0) is 15.4. The number of hydrogen-bond acceptors (Lipinski definition) is 4. The van der Waals surface area contributed by atoms with E-state index in [1.165, 1.54) is 11.3 Å². The molecule has 1 saturated heterocycles. The van der Waals surface area contributed by atoms with E-state index in [0.29, 0.717) is 18.1 Å². The van der Waals surface area contributed by atoms with Crippen LogP contribution in [0, 0.1) is 11.8 Å². The number of rotatable bonds is 2. The SMILES string of the molecule is O=C(O)c1cc(C#Cc2ccccc2)c(N2CCOCC2)s1. The monoisotopic (exact) mass is 313 g/mol. The van der Waals surface area contributed by atoms with Gasteiger partial charge in [0.05, 0.1) is 18.8 Å². The molecule has 2 heterocycles. The number of morpholine rings is 1. The third-order valence-corrected chi connectivity index (χ3v) is 4.52. The van der Waals surface area contributed by atoms with E-state index in [1.54, 1.807) is 6.07 Å². The molecule has 0 bridgehead atoms. The van der Waals surface area contributed by atoms with Gasteiger partial charge in [-0.05, 0) is 18.2 Å². The lowest BCUT2D eigenvalue weighted by Gasteiger charge is -2.27. The van der Waals surface area contributed by atoms with E-state index in [1.807, 2.05) is 30.3 Å². The second-order valence-corrected chi connectivity index (χ2v) is 5.88. The number of hydrogen-bond donors (Lipinski definition) is 1. The summed E-state index contributed by atoms with van der Waals surface area (Å²) in [6, 6.07) is 11.3.